The van der Waals surface area contributed by atoms with Crippen LogP contribution < -0.4 is 5.32 Å². The maximum Gasteiger partial charge on any atom is 0.0745 e. The van der Waals surface area contributed by atoms with Crippen LogP contribution in [0.3, 0.4) is 0 Å². The van der Waals surface area contributed by atoms with Crippen molar-refractivity contribution < 1.29 is 5.11 Å². The first-order valence-corrected chi connectivity index (χ1v) is 5.22. The highest BCUT2D eigenvalue weighted by molar-refractivity contribution is 5.43. The van der Waals surface area contributed by atoms with E-state index < -0.39 is 0 Å². The fraction of sp³-hybridized carbons (Fsp3) is 0.154. The minimum Gasteiger partial charge on any atom is -0.394 e. The molecule has 1 heterocycles. The van der Waals surface area contributed by atoms with Gasteiger partial charge in [0.1, 0.15) is 0 Å². The van der Waals surface area contributed by atoms with E-state index >= 15 is 0 Å². The first kappa shape index (κ1) is 10.6. The zero-order valence-corrected chi connectivity index (χ0v) is 8.88. The maximum absolute atomic E-state index is 9.36. The Morgan fingerprint density at radius 1 is 1.06 bits per heavy atom. The van der Waals surface area contributed by atoms with Crippen molar-refractivity contribution >= 4 is 5.69 Å². The Hall–Kier alpha value is -1.87. The van der Waals surface area contributed by atoms with Crippen molar-refractivity contribution in [2.24, 2.45) is 0 Å². The van der Waals surface area contributed by atoms with Crippen LogP contribution in [0.15, 0.2) is 54.9 Å². The fourth-order valence-electron chi connectivity index (χ4n) is 1.57. The molecule has 1 aromatic heterocycles. The molecule has 0 fully saturated rings. The number of benzene rings is 1. The average Bonchev–Trinajstić information content (AvgIpc) is 2.38. The molecule has 0 spiro atoms. The molecule has 0 bridgehead atoms. The number of nitrogens with zero attached hydrogens (tertiary/aromatic N) is 1. The molecule has 1 atom stereocenters. The van der Waals surface area contributed by atoms with Crippen LogP contribution in [-0.4, -0.2) is 16.7 Å². The Kier molecular flexibility index (Phi) is 3.51. The summed E-state index contributed by atoms with van der Waals surface area (Å²) in [6, 6.07) is 13.6. The summed E-state index contributed by atoms with van der Waals surface area (Å²) in [6.07, 6.45) is 3.45. The third kappa shape index (κ3) is 2.58. The summed E-state index contributed by atoms with van der Waals surface area (Å²) < 4.78 is 0. The van der Waals surface area contributed by atoms with Crippen LogP contribution in [0.25, 0.3) is 0 Å². The van der Waals surface area contributed by atoms with Gasteiger partial charge in [-0.05, 0) is 17.7 Å². The van der Waals surface area contributed by atoms with Crippen LogP contribution in [0.5, 0.6) is 0 Å². The van der Waals surface area contributed by atoms with Gasteiger partial charge in [-0.1, -0.05) is 30.3 Å². The minimum absolute atomic E-state index is 0.0618. The zero-order chi connectivity index (χ0) is 11.2. The van der Waals surface area contributed by atoms with Gasteiger partial charge in [-0.15, -0.1) is 0 Å². The number of pyridine rings is 1. The Balaban J connectivity index is 2.13. The monoisotopic (exact) mass is 214 g/mol. The largest absolute Gasteiger partial charge is 0.394 e. The van der Waals surface area contributed by atoms with Crippen molar-refractivity contribution in [3.63, 3.8) is 0 Å². The van der Waals surface area contributed by atoms with E-state index in [0.29, 0.717) is 0 Å². The van der Waals surface area contributed by atoms with Gasteiger partial charge in [0.15, 0.2) is 0 Å². The summed E-state index contributed by atoms with van der Waals surface area (Å²) in [6.45, 7) is 0.0618. The van der Waals surface area contributed by atoms with Crippen molar-refractivity contribution in [3.05, 3.63) is 60.4 Å². The number of rotatable bonds is 4. The standard InChI is InChI=1S/C13H14N2O/c16-10-13(11-4-2-1-3-5-11)15-12-6-8-14-9-7-12/h1-9,13,16H,10H2,(H,14,15). The third-order valence-electron chi connectivity index (χ3n) is 2.41. The van der Waals surface area contributed by atoms with E-state index in [-0.39, 0.29) is 12.6 Å². The lowest BCUT2D eigenvalue weighted by atomic mass is 10.1. The van der Waals surface area contributed by atoms with E-state index in [1.54, 1.807) is 12.4 Å². The molecule has 16 heavy (non-hydrogen) atoms. The molecule has 1 unspecified atom stereocenters. The molecule has 1 aromatic carbocycles. The Morgan fingerprint density at radius 3 is 2.38 bits per heavy atom. The predicted octanol–water partition coefficient (Wildman–Crippen LogP) is 2.23. The molecular weight excluding hydrogens is 200 g/mol. The molecule has 0 aliphatic heterocycles. The van der Waals surface area contributed by atoms with Gasteiger partial charge >= 0.3 is 0 Å². The number of hydrogen-bond donors (Lipinski definition) is 2. The third-order valence-corrected chi connectivity index (χ3v) is 2.41. The van der Waals surface area contributed by atoms with Gasteiger partial charge < -0.3 is 10.4 Å². The van der Waals surface area contributed by atoms with Gasteiger partial charge in [-0.2, -0.15) is 0 Å². The summed E-state index contributed by atoms with van der Waals surface area (Å²) in [5.74, 6) is 0. The number of aliphatic hydroxyl groups is 1. The van der Waals surface area contributed by atoms with E-state index in [2.05, 4.69) is 10.3 Å². The maximum atomic E-state index is 9.36. The fourth-order valence-corrected chi connectivity index (χ4v) is 1.57. The Morgan fingerprint density at radius 2 is 1.75 bits per heavy atom. The number of anilines is 1. The Labute approximate surface area is 94.8 Å². The van der Waals surface area contributed by atoms with E-state index in [0.717, 1.165) is 11.3 Å². The van der Waals surface area contributed by atoms with Crippen LogP contribution in [0.2, 0.25) is 0 Å². The van der Waals surface area contributed by atoms with E-state index in [1.165, 1.54) is 0 Å². The smallest absolute Gasteiger partial charge is 0.0745 e. The topological polar surface area (TPSA) is 45.1 Å². The molecule has 3 heteroatoms. The molecule has 0 radical (unpaired) electrons. The van der Waals surface area contributed by atoms with Gasteiger partial charge in [-0.3, -0.25) is 4.98 Å². The molecule has 2 rings (SSSR count). The molecular formula is C13H14N2O. The summed E-state index contributed by atoms with van der Waals surface area (Å²) in [5, 5.41) is 12.6. The van der Waals surface area contributed by atoms with Crippen LogP contribution in [0.1, 0.15) is 11.6 Å². The zero-order valence-electron chi connectivity index (χ0n) is 8.88. The highest BCUT2D eigenvalue weighted by atomic mass is 16.3. The molecule has 2 aromatic rings. The first-order valence-electron chi connectivity index (χ1n) is 5.22. The lowest BCUT2D eigenvalue weighted by Gasteiger charge is -2.17. The molecule has 0 saturated heterocycles. The Bertz CT molecular complexity index is 416. The molecule has 0 saturated carbocycles. The van der Waals surface area contributed by atoms with Gasteiger partial charge in [0, 0.05) is 18.1 Å². The minimum atomic E-state index is -0.0800. The predicted molar refractivity (Wildman–Crippen MR) is 64.1 cm³/mol. The summed E-state index contributed by atoms with van der Waals surface area (Å²) in [4.78, 5) is 3.95. The lowest BCUT2D eigenvalue weighted by Crippen LogP contribution is -2.14. The number of aromatic nitrogens is 1. The van der Waals surface area contributed by atoms with Crippen LogP contribution in [-0.2, 0) is 0 Å². The molecule has 0 amide bonds. The normalized spacial score (nSPS) is 12.1. The van der Waals surface area contributed by atoms with E-state index in [4.69, 9.17) is 0 Å². The van der Waals surface area contributed by atoms with Crippen molar-refractivity contribution in [1.82, 2.24) is 4.98 Å². The van der Waals surface area contributed by atoms with Gasteiger partial charge in [0.25, 0.3) is 0 Å². The van der Waals surface area contributed by atoms with Gasteiger partial charge in [0.2, 0.25) is 0 Å². The van der Waals surface area contributed by atoms with Crippen LogP contribution >= 0.6 is 0 Å². The molecule has 0 aliphatic rings. The van der Waals surface area contributed by atoms with Crippen LogP contribution in [0, 0.1) is 0 Å². The summed E-state index contributed by atoms with van der Waals surface area (Å²) in [5.41, 5.74) is 2.03. The number of nitrogens with one attached hydrogen (secondary N) is 1. The SMILES string of the molecule is OCC(Nc1ccncc1)c1ccccc1. The number of aliphatic hydroxyl groups excluding tert-OH is 1. The van der Waals surface area contributed by atoms with Crippen LogP contribution in [0.4, 0.5) is 5.69 Å². The van der Waals surface area contributed by atoms with Gasteiger partial charge in [-0.25, -0.2) is 0 Å². The van der Waals surface area contributed by atoms with E-state index in [1.807, 2.05) is 42.5 Å². The highest BCUT2D eigenvalue weighted by Gasteiger charge is 2.08. The number of hydrogen-bond acceptors (Lipinski definition) is 3. The summed E-state index contributed by atoms with van der Waals surface area (Å²) >= 11 is 0. The molecule has 2 N–H and O–H groups in total. The molecule has 0 aliphatic carbocycles. The quantitative estimate of drug-likeness (QED) is 0.820. The van der Waals surface area contributed by atoms with Crippen molar-refractivity contribution in [2.75, 3.05) is 11.9 Å². The summed E-state index contributed by atoms with van der Waals surface area (Å²) in [7, 11) is 0. The average molecular weight is 214 g/mol. The van der Waals surface area contributed by atoms with Gasteiger partial charge in [0.05, 0.1) is 12.6 Å². The van der Waals surface area contributed by atoms with Crippen molar-refractivity contribution in [2.45, 2.75) is 6.04 Å². The lowest BCUT2D eigenvalue weighted by molar-refractivity contribution is 0.276. The second-order valence-corrected chi connectivity index (χ2v) is 3.53. The molecule has 82 valence electrons. The second-order valence-electron chi connectivity index (χ2n) is 3.53. The highest BCUT2D eigenvalue weighted by Crippen LogP contribution is 2.17. The first-order chi connectivity index (χ1) is 7.90. The molecule has 3 nitrogen and oxygen atoms in total. The van der Waals surface area contributed by atoms with Crippen molar-refractivity contribution in [3.8, 4) is 0 Å². The second kappa shape index (κ2) is 5.28. The van der Waals surface area contributed by atoms with E-state index in [9.17, 15) is 5.11 Å². The van der Waals surface area contributed by atoms with Crippen molar-refractivity contribution in [1.29, 1.82) is 0 Å².